The molecular formula is C61H119NO8P+. The average molecular weight is 1030 g/mol. The number of carbonyl (C=O) groups is 2. The average Bonchev–Trinajstić information content (AvgIpc) is 3.33. The minimum atomic E-state index is -4.38. The van der Waals surface area contributed by atoms with Crippen molar-refractivity contribution in [2.24, 2.45) is 0 Å². The van der Waals surface area contributed by atoms with E-state index in [2.05, 4.69) is 38.2 Å². The summed E-state index contributed by atoms with van der Waals surface area (Å²) in [6, 6.07) is 0. The van der Waals surface area contributed by atoms with E-state index in [4.69, 9.17) is 18.5 Å². The number of quaternary nitrogens is 1. The summed E-state index contributed by atoms with van der Waals surface area (Å²) in [6.45, 7) is 4.46. The molecule has 2 atom stereocenters. The van der Waals surface area contributed by atoms with Crippen LogP contribution in [0.25, 0.3) is 0 Å². The zero-order valence-corrected chi connectivity index (χ0v) is 48.6. The number of hydrogen-bond donors (Lipinski definition) is 1. The van der Waals surface area contributed by atoms with E-state index in [9.17, 15) is 19.0 Å². The maximum atomic E-state index is 12.8. The fourth-order valence-corrected chi connectivity index (χ4v) is 9.73. The number of ether oxygens (including phenoxy) is 2. The number of carbonyl (C=O) groups excluding carboxylic acids is 2. The minimum absolute atomic E-state index is 0.0357. The van der Waals surface area contributed by atoms with E-state index in [1.54, 1.807) is 0 Å². The van der Waals surface area contributed by atoms with Crippen molar-refractivity contribution in [2.75, 3.05) is 47.5 Å². The fourth-order valence-electron chi connectivity index (χ4n) is 8.99. The number of phosphoric acid groups is 1. The Hall–Kier alpha value is -1.51. The molecule has 0 aromatic rings. The summed E-state index contributed by atoms with van der Waals surface area (Å²) in [4.78, 5) is 35.6. The van der Waals surface area contributed by atoms with Gasteiger partial charge in [0, 0.05) is 12.8 Å². The Labute approximate surface area is 440 Å². The van der Waals surface area contributed by atoms with Gasteiger partial charge in [0.2, 0.25) is 0 Å². The highest BCUT2D eigenvalue weighted by Gasteiger charge is 2.27. The lowest BCUT2D eigenvalue weighted by molar-refractivity contribution is -0.870. The van der Waals surface area contributed by atoms with Crippen LogP contribution in [0.4, 0.5) is 0 Å². The number of unbranched alkanes of at least 4 members (excludes halogenated alkanes) is 39. The predicted molar refractivity (Wildman–Crippen MR) is 303 cm³/mol. The quantitative estimate of drug-likeness (QED) is 0.0211. The molecule has 9 nitrogen and oxygen atoms in total. The molecule has 0 rings (SSSR count). The molecule has 0 heterocycles. The Bertz CT molecular complexity index is 1250. The van der Waals surface area contributed by atoms with Gasteiger partial charge in [0.1, 0.15) is 19.8 Å². The smallest absolute Gasteiger partial charge is 0.462 e. The minimum Gasteiger partial charge on any atom is -0.462 e. The van der Waals surface area contributed by atoms with Gasteiger partial charge in [-0.15, -0.1) is 0 Å². The summed E-state index contributed by atoms with van der Waals surface area (Å²) in [5.41, 5.74) is 0. The summed E-state index contributed by atoms with van der Waals surface area (Å²) in [7, 11) is 1.50. The molecule has 1 N–H and O–H groups in total. The standard InChI is InChI=1S/C61H118NO8P/c1-6-8-10-12-14-16-18-20-21-22-23-24-25-26-27-28-29-30-31-32-33-34-35-36-37-38-39-40-41-42-44-46-48-50-52-54-61(64)70-59(58-69-71(65,66)68-56-55-62(3,4)5)57-67-60(63)53-51-49-47-45-43-19-17-15-13-11-9-7-2/h18,20,22-23,59H,6-17,19,21,24-58H2,1-5H3/p+1/b20-18-,23-22-. The van der Waals surface area contributed by atoms with Crippen molar-refractivity contribution in [3.63, 3.8) is 0 Å². The summed E-state index contributed by atoms with van der Waals surface area (Å²) in [5.74, 6) is -0.780. The highest BCUT2D eigenvalue weighted by molar-refractivity contribution is 7.47. The van der Waals surface area contributed by atoms with Crippen molar-refractivity contribution in [1.29, 1.82) is 0 Å². The molecule has 420 valence electrons. The van der Waals surface area contributed by atoms with Gasteiger partial charge in [0.25, 0.3) is 0 Å². The van der Waals surface area contributed by atoms with Crippen molar-refractivity contribution in [2.45, 2.75) is 309 Å². The van der Waals surface area contributed by atoms with Crippen molar-refractivity contribution < 1.29 is 42.1 Å². The maximum absolute atomic E-state index is 12.8. The topological polar surface area (TPSA) is 108 Å². The lowest BCUT2D eigenvalue weighted by Gasteiger charge is -2.24. The largest absolute Gasteiger partial charge is 0.472 e. The molecule has 10 heteroatoms. The molecule has 0 aromatic heterocycles. The zero-order valence-electron chi connectivity index (χ0n) is 47.7. The molecular weight excluding hydrogens is 906 g/mol. The van der Waals surface area contributed by atoms with Crippen LogP contribution in [0, 0.1) is 0 Å². The molecule has 0 fully saturated rings. The van der Waals surface area contributed by atoms with E-state index in [1.165, 1.54) is 231 Å². The molecule has 0 spiro atoms. The third-order valence-corrected chi connectivity index (χ3v) is 14.7. The highest BCUT2D eigenvalue weighted by Crippen LogP contribution is 2.43. The van der Waals surface area contributed by atoms with Crippen LogP contribution in [0.3, 0.4) is 0 Å². The third-order valence-electron chi connectivity index (χ3n) is 13.7. The Balaban J connectivity index is 3.91. The summed E-state index contributed by atoms with van der Waals surface area (Å²) < 4.78 is 34.5. The van der Waals surface area contributed by atoms with Crippen LogP contribution in [0.5, 0.6) is 0 Å². The van der Waals surface area contributed by atoms with E-state index in [-0.39, 0.29) is 25.6 Å². The Morgan fingerprint density at radius 3 is 1.11 bits per heavy atom. The molecule has 71 heavy (non-hydrogen) atoms. The number of esters is 2. The van der Waals surface area contributed by atoms with Gasteiger partial charge in [-0.1, -0.05) is 269 Å². The first kappa shape index (κ1) is 69.5. The van der Waals surface area contributed by atoms with Crippen LogP contribution >= 0.6 is 7.82 Å². The van der Waals surface area contributed by atoms with Crippen LogP contribution in [0.1, 0.15) is 303 Å². The molecule has 2 unspecified atom stereocenters. The first-order valence-corrected chi connectivity index (χ1v) is 32.1. The van der Waals surface area contributed by atoms with E-state index in [1.807, 2.05) is 21.1 Å². The van der Waals surface area contributed by atoms with E-state index < -0.39 is 26.5 Å². The van der Waals surface area contributed by atoms with Gasteiger partial charge in [-0.05, 0) is 44.9 Å². The van der Waals surface area contributed by atoms with Gasteiger partial charge in [0.05, 0.1) is 27.7 Å². The number of phosphoric ester groups is 1. The second-order valence-corrected chi connectivity index (χ2v) is 23.6. The number of nitrogens with zero attached hydrogens (tertiary/aromatic N) is 1. The Morgan fingerprint density at radius 2 is 0.761 bits per heavy atom. The lowest BCUT2D eigenvalue weighted by Crippen LogP contribution is -2.37. The summed E-state index contributed by atoms with van der Waals surface area (Å²) in [5, 5.41) is 0. The van der Waals surface area contributed by atoms with Crippen LogP contribution in [-0.2, 0) is 32.7 Å². The lowest BCUT2D eigenvalue weighted by atomic mass is 10.0. The number of allylic oxidation sites excluding steroid dienone is 4. The van der Waals surface area contributed by atoms with Crippen molar-refractivity contribution >= 4 is 19.8 Å². The molecule has 0 aliphatic carbocycles. The van der Waals surface area contributed by atoms with Gasteiger partial charge in [-0.3, -0.25) is 18.6 Å². The van der Waals surface area contributed by atoms with Crippen molar-refractivity contribution in [3.8, 4) is 0 Å². The van der Waals surface area contributed by atoms with Crippen LogP contribution in [0.15, 0.2) is 24.3 Å². The predicted octanol–water partition coefficient (Wildman–Crippen LogP) is 19.0. The van der Waals surface area contributed by atoms with Gasteiger partial charge in [0.15, 0.2) is 6.10 Å². The molecule has 0 aliphatic rings. The Kier molecular flexibility index (Phi) is 52.2. The van der Waals surface area contributed by atoms with Gasteiger partial charge < -0.3 is 18.9 Å². The first-order valence-electron chi connectivity index (χ1n) is 30.6. The van der Waals surface area contributed by atoms with Gasteiger partial charge in [-0.2, -0.15) is 0 Å². The zero-order chi connectivity index (χ0) is 52.0. The monoisotopic (exact) mass is 1020 g/mol. The van der Waals surface area contributed by atoms with Crippen LogP contribution in [-0.4, -0.2) is 74.9 Å². The molecule has 0 saturated carbocycles. The molecule has 0 aliphatic heterocycles. The van der Waals surface area contributed by atoms with Gasteiger partial charge >= 0.3 is 19.8 Å². The molecule has 0 saturated heterocycles. The van der Waals surface area contributed by atoms with Crippen molar-refractivity contribution in [1.82, 2.24) is 0 Å². The second-order valence-electron chi connectivity index (χ2n) is 22.1. The van der Waals surface area contributed by atoms with E-state index in [0.29, 0.717) is 23.9 Å². The summed E-state index contributed by atoms with van der Waals surface area (Å²) in [6.07, 6.45) is 64.2. The fraction of sp³-hybridized carbons (Fsp3) is 0.902. The maximum Gasteiger partial charge on any atom is 0.472 e. The summed E-state index contributed by atoms with van der Waals surface area (Å²) >= 11 is 0. The number of hydrogen-bond acceptors (Lipinski definition) is 7. The second kappa shape index (κ2) is 53.3. The van der Waals surface area contributed by atoms with Crippen LogP contribution < -0.4 is 0 Å². The molecule has 0 amide bonds. The van der Waals surface area contributed by atoms with Gasteiger partial charge in [-0.25, -0.2) is 4.57 Å². The molecule has 0 bridgehead atoms. The Morgan fingerprint density at radius 1 is 0.437 bits per heavy atom. The van der Waals surface area contributed by atoms with Crippen molar-refractivity contribution in [3.05, 3.63) is 24.3 Å². The van der Waals surface area contributed by atoms with Crippen LogP contribution in [0.2, 0.25) is 0 Å². The molecule has 0 radical (unpaired) electrons. The number of likely N-dealkylation sites (N-methyl/N-ethyl adjacent to an activating group) is 1. The van der Waals surface area contributed by atoms with E-state index in [0.717, 1.165) is 38.5 Å². The highest BCUT2D eigenvalue weighted by atomic mass is 31.2. The third kappa shape index (κ3) is 57.6. The SMILES string of the molecule is CCCCCCC/C=C\C/C=C\CCCCCCCCCCCCCCCCCCCCCCCCCC(=O)OC(COC(=O)CCCCCCCCCCCCCC)COP(=O)(O)OCC[N+](C)(C)C. The first-order chi connectivity index (χ1) is 34.5. The molecule has 0 aromatic carbocycles. The van der Waals surface area contributed by atoms with E-state index >= 15 is 0 Å². The normalized spacial score (nSPS) is 13.4. The number of rotatable bonds is 57.